The van der Waals surface area contributed by atoms with Crippen molar-refractivity contribution in [3.8, 4) is 0 Å². The van der Waals surface area contributed by atoms with Crippen LogP contribution in [-0.2, 0) is 14.6 Å². The molecule has 0 aliphatic heterocycles. The van der Waals surface area contributed by atoms with Crippen molar-refractivity contribution in [3.63, 3.8) is 0 Å². The van der Waals surface area contributed by atoms with Gasteiger partial charge in [0.1, 0.15) is 0 Å². The molecule has 0 aromatic heterocycles. The zero-order chi connectivity index (χ0) is 10.3. The first kappa shape index (κ1) is 12.4. The van der Waals surface area contributed by atoms with Crippen molar-refractivity contribution in [1.82, 2.24) is 0 Å². The van der Waals surface area contributed by atoms with Crippen molar-refractivity contribution in [2.75, 3.05) is 7.11 Å². The zero-order valence-electron chi connectivity index (χ0n) is 9.00. The molecule has 0 fully saturated rings. The van der Waals surface area contributed by atoms with E-state index in [-0.39, 0.29) is 5.97 Å². The molecule has 13 heavy (non-hydrogen) atoms. The van der Waals surface area contributed by atoms with Crippen molar-refractivity contribution in [2.45, 2.75) is 40.0 Å². The molecule has 2 unspecified atom stereocenters. The SMILES string of the molecule is CCCC(C)C(C)CC(=O)OOC. The van der Waals surface area contributed by atoms with Gasteiger partial charge in [0.05, 0.1) is 13.5 Å². The second-order valence-corrected chi connectivity index (χ2v) is 3.57. The quantitative estimate of drug-likeness (QED) is 0.474. The zero-order valence-corrected chi connectivity index (χ0v) is 9.00. The summed E-state index contributed by atoms with van der Waals surface area (Å²) in [5.41, 5.74) is 0. The van der Waals surface area contributed by atoms with Crippen LogP contribution in [-0.4, -0.2) is 13.1 Å². The minimum Gasteiger partial charge on any atom is -0.299 e. The maximum Gasteiger partial charge on any atom is 0.342 e. The molecule has 0 aliphatic rings. The van der Waals surface area contributed by atoms with E-state index < -0.39 is 0 Å². The highest BCUT2D eigenvalue weighted by Gasteiger charge is 2.16. The molecule has 0 amide bonds. The van der Waals surface area contributed by atoms with Crippen molar-refractivity contribution in [1.29, 1.82) is 0 Å². The van der Waals surface area contributed by atoms with Crippen LogP contribution in [0, 0.1) is 11.8 Å². The number of hydrogen-bond donors (Lipinski definition) is 0. The van der Waals surface area contributed by atoms with Gasteiger partial charge in [-0.25, -0.2) is 4.79 Å². The highest BCUT2D eigenvalue weighted by molar-refractivity contribution is 5.68. The third-order valence-electron chi connectivity index (χ3n) is 2.38. The topological polar surface area (TPSA) is 35.5 Å². The molecule has 0 spiro atoms. The van der Waals surface area contributed by atoms with Gasteiger partial charge < -0.3 is 0 Å². The Kier molecular flexibility index (Phi) is 6.59. The van der Waals surface area contributed by atoms with Gasteiger partial charge in [0.2, 0.25) is 0 Å². The lowest BCUT2D eigenvalue weighted by atomic mass is 9.89. The normalized spacial score (nSPS) is 15.1. The Labute approximate surface area is 80.3 Å². The minimum atomic E-state index is -0.280. The molecule has 78 valence electrons. The molecule has 0 aliphatic carbocycles. The van der Waals surface area contributed by atoms with E-state index in [1.165, 1.54) is 7.11 Å². The number of carbonyl (C=O) groups is 1. The first-order valence-corrected chi connectivity index (χ1v) is 4.85. The van der Waals surface area contributed by atoms with Crippen LogP contribution >= 0.6 is 0 Å². The van der Waals surface area contributed by atoms with Crippen LogP contribution in [0.5, 0.6) is 0 Å². The van der Waals surface area contributed by atoms with E-state index in [9.17, 15) is 4.79 Å². The predicted octanol–water partition coefficient (Wildman–Crippen LogP) is 2.55. The average Bonchev–Trinajstić information content (AvgIpc) is 2.05. The van der Waals surface area contributed by atoms with Gasteiger partial charge in [-0.1, -0.05) is 33.6 Å². The first-order valence-electron chi connectivity index (χ1n) is 4.85. The summed E-state index contributed by atoms with van der Waals surface area (Å²) in [6.45, 7) is 6.38. The Morgan fingerprint density at radius 2 is 1.92 bits per heavy atom. The van der Waals surface area contributed by atoms with Crippen LogP contribution in [0.15, 0.2) is 0 Å². The first-order chi connectivity index (χ1) is 6.11. The Morgan fingerprint density at radius 3 is 2.38 bits per heavy atom. The van der Waals surface area contributed by atoms with E-state index in [1.54, 1.807) is 0 Å². The molecule has 0 aromatic carbocycles. The lowest BCUT2D eigenvalue weighted by Crippen LogP contribution is -2.14. The van der Waals surface area contributed by atoms with Crippen molar-refractivity contribution < 1.29 is 14.6 Å². The van der Waals surface area contributed by atoms with E-state index in [2.05, 4.69) is 30.5 Å². The maximum absolute atomic E-state index is 11.0. The summed E-state index contributed by atoms with van der Waals surface area (Å²) < 4.78 is 0. The molecular weight excluding hydrogens is 168 g/mol. The van der Waals surface area contributed by atoms with E-state index in [1.807, 2.05) is 0 Å². The Hall–Kier alpha value is -0.570. The summed E-state index contributed by atoms with van der Waals surface area (Å²) in [7, 11) is 1.35. The standard InChI is InChI=1S/C10H20O3/c1-5-6-8(2)9(3)7-10(11)13-12-4/h8-9H,5-7H2,1-4H3. The van der Waals surface area contributed by atoms with Crippen LogP contribution in [0.3, 0.4) is 0 Å². The van der Waals surface area contributed by atoms with Crippen LogP contribution in [0.2, 0.25) is 0 Å². The van der Waals surface area contributed by atoms with E-state index in [0.29, 0.717) is 18.3 Å². The summed E-state index contributed by atoms with van der Waals surface area (Å²) in [6, 6.07) is 0. The second kappa shape index (κ2) is 6.89. The minimum absolute atomic E-state index is 0.280. The van der Waals surface area contributed by atoms with E-state index >= 15 is 0 Å². The summed E-state index contributed by atoms with van der Waals surface area (Å²) >= 11 is 0. The molecule has 0 heterocycles. The van der Waals surface area contributed by atoms with E-state index in [4.69, 9.17) is 0 Å². The molecule has 0 saturated heterocycles. The molecule has 0 radical (unpaired) electrons. The lowest BCUT2D eigenvalue weighted by molar-refractivity contribution is -0.256. The fourth-order valence-corrected chi connectivity index (χ4v) is 1.33. The van der Waals surface area contributed by atoms with Crippen LogP contribution in [0.25, 0.3) is 0 Å². The fourth-order valence-electron chi connectivity index (χ4n) is 1.33. The number of hydrogen-bond acceptors (Lipinski definition) is 3. The van der Waals surface area contributed by atoms with Gasteiger partial charge in [-0.3, -0.25) is 4.89 Å². The van der Waals surface area contributed by atoms with Gasteiger partial charge in [-0.2, -0.15) is 4.89 Å². The van der Waals surface area contributed by atoms with Gasteiger partial charge in [-0.15, -0.1) is 0 Å². The molecular formula is C10H20O3. The smallest absolute Gasteiger partial charge is 0.299 e. The molecule has 0 rings (SSSR count). The van der Waals surface area contributed by atoms with Crippen LogP contribution in [0.1, 0.15) is 40.0 Å². The highest BCUT2D eigenvalue weighted by atomic mass is 17.2. The van der Waals surface area contributed by atoms with Gasteiger partial charge in [0.15, 0.2) is 0 Å². The summed E-state index contributed by atoms with van der Waals surface area (Å²) in [4.78, 5) is 19.7. The van der Waals surface area contributed by atoms with E-state index in [0.717, 1.165) is 12.8 Å². The monoisotopic (exact) mass is 188 g/mol. The summed E-state index contributed by atoms with van der Waals surface area (Å²) in [6.07, 6.45) is 2.75. The molecule has 3 nitrogen and oxygen atoms in total. The third kappa shape index (κ3) is 5.64. The third-order valence-corrected chi connectivity index (χ3v) is 2.38. The Balaban J connectivity index is 3.71. The molecule has 0 bridgehead atoms. The van der Waals surface area contributed by atoms with Crippen LogP contribution in [0.4, 0.5) is 0 Å². The van der Waals surface area contributed by atoms with Crippen molar-refractivity contribution in [3.05, 3.63) is 0 Å². The second-order valence-electron chi connectivity index (χ2n) is 3.57. The average molecular weight is 188 g/mol. The largest absolute Gasteiger partial charge is 0.342 e. The molecule has 0 aromatic rings. The molecule has 3 heteroatoms. The predicted molar refractivity (Wildman–Crippen MR) is 51.0 cm³/mol. The van der Waals surface area contributed by atoms with Gasteiger partial charge in [-0.05, 0) is 11.8 Å². The molecule has 0 saturated carbocycles. The Bertz CT molecular complexity index is 145. The number of rotatable bonds is 6. The highest BCUT2D eigenvalue weighted by Crippen LogP contribution is 2.20. The maximum atomic E-state index is 11.0. The summed E-state index contributed by atoms with van der Waals surface area (Å²) in [5, 5.41) is 0. The van der Waals surface area contributed by atoms with Gasteiger partial charge >= 0.3 is 5.97 Å². The molecule has 0 N–H and O–H groups in total. The van der Waals surface area contributed by atoms with Crippen molar-refractivity contribution in [2.24, 2.45) is 11.8 Å². The van der Waals surface area contributed by atoms with Gasteiger partial charge in [0, 0.05) is 0 Å². The molecule has 2 atom stereocenters. The van der Waals surface area contributed by atoms with Crippen molar-refractivity contribution >= 4 is 5.97 Å². The summed E-state index contributed by atoms with van der Waals surface area (Å²) in [5.74, 6) is 0.648. The Morgan fingerprint density at radius 1 is 1.31 bits per heavy atom. The fraction of sp³-hybridized carbons (Fsp3) is 0.900. The lowest BCUT2D eigenvalue weighted by Gasteiger charge is -2.17. The van der Waals surface area contributed by atoms with Crippen LogP contribution < -0.4 is 0 Å². The number of carbonyl (C=O) groups excluding carboxylic acids is 1. The van der Waals surface area contributed by atoms with Gasteiger partial charge in [0.25, 0.3) is 0 Å².